The number of aromatic nitrogens is 2. The Morgan fingerprint density at radius 2 is 1.78 bits per heavy atom. The average molecular weight is 627 g/mol. The fourth-order valence-corrected chi connectivity index (χ4v) is 6.45. The van der Waals surface area contributed by atoms with Crippen LogP contribution in [0.25, 0.3) is 5.76 Å². The molecule has 0 saturated carbocycles. The van der Waals surface area contributed by atoms with Crippen LogP contribution in [0.3, 0.4) is 0 Å². The third-order valence-corrected chi connectivity index (χ3v) is 8.99. The maximum absolute atomic E-state index is 13.4. The highest BCUT2D eigenvalue weighted by atomic mass is 35.5. The van der Waals surface area contributed by atoms with E-state index in [2.05, 4.69) is 17.1 Å². The molecule has 5 rings (SSSR count). The van der Waals surface area contributed by atoms with Crippen molar-refractivity contribution in [3.63, 3.8) is 0 Å². The molecule has 1 aliphatic heterocycles. The fraction of sp³-hybridized carbons (Fsp3) is 0.200. The van der Waals surface area contributed by atoms with E-state index in [-0.39, 0.29) is 16.5 Å². The van der Waals surface area contributed by atoms with Gasteiger partial charge in [-0.05, 0) is 66.1 Å². The number of hydrogen-bond acceptors (Lipinski definition) is 8. The van der Waals surface area contributed by atoms with E-state index in [0.29, 0.717) is 43.6 Å². The zero-order chi connectivity index (χ0) is 28.9. The number of halogens is 2. The summed E-state index contributed by atoms with van der Waals surface area (Å²) in [4.78, 5) is 28.2. The van der Waals surface area contributed by atoms with Crippen LogP contribution < -0.4 is 9.64 Å². The molecule has 3 aromatic carbocycles. The van der Waals surface area contributed by atoms with Gasteiger partial charge in [0.2, 0.25) is 5.13 Å². The molecule has 1 fully saturated rings. The SMILES string of the molecule is CCCCOc1ccc(C(O)=C2C(=O)C(=O)N(c3nnc(SCc4ccc(Cl)cc4)s3)[C@H]2c2cccc(Cl)c2)cc1. The Hall–Kier alpha value is -3.37. The van der Waals surface area contributed by atoms with Crippen LogP contribution in [0.4, 0.5) is 5.13 Å². The van der Waals surface area contributed by atoms with E-state index < -0.39 is 17.7 Å². The molecule has 0 radical (unpaired) electrons. The summed E-state index contributed by atoms with van der Waals surface area (Å²) >= 11 is 14.9. The van der Waals surface area contributed by atoms with Crippen LogP contribution in [-0.2, 0) is 15.3 Å². The van der Waals surface area contributed by atoms with Crippen LogP contribution in [0.1, 0.15) is 42.5 Å². The van der Waals surface area contributed by atoms with E-state index in [1.165, 1.54) is 28.0 Å². The van der Waals surface area contributed by atoms with Crippen molar-refractivity contribution >= 4 is 68.9 Å². The molecule has 2 heterocycles. The Kier molecular flexibility index (Phi) is 9.29. The van der Waals surface area contributed by atoms with Crippen molar-refractivity contribution in [1.29, 1.82) is 0 Å². The molecule has 1 aromatic heterocycles. The summed E-state index contributed by atoms with van der Waals surface area (Å²) in [5.41, 5.74) is 1.94. The summed E-state index contributed by atoms with van der Waals surface area (Å²) in [7, 11) is 0. The number of aliphatic hydroxyl groups excluding tert-OH is 1. The molecule has 1 saturated heterocycles. The minimum atomic E-state index is -0.948. The summed E-state index contributed by atoms with van der Waals surface area (Å²) in [5.74, 6) is -0.639. The van der Waals surface area contributed by atoms with E-state index in [1.807, 2.05) is 24.3 Å². The standard InChI is InChI=1S/C30H25Cl2N3O4S2/c1-2-3-15-39-23-13-9-19(10-14-23)26(36)24-25(20-5-4-6-22(32)16-20)35(28(38)27(24)37)29-33-34-30(41-29)40-17-18-7-11-21(31)12-8-18/h4-14,16,25,36H,2-3,15,17H2,1H3/t25-/m0/s1. The molecule has 0 unspecified atom stereocenters. The largest absolute Gasteiger partial charge is 0.507 e. The number of unbranched alkanes of at least 4 members (excludes halogenated alkanes) is 1. The van der Waals surface area contributed by atoms with E-state index in [9.17, 15) is 14.7 Å². The molecular formula is C30H25Cl2N3O4S2. The second-order valence-corrected chi connectivity index (χ2v) is 12.3. The minimum Gasteiger partial charge on any atom is -0.507 e. The molecule has 0 spiro atoms. The van der Waals surface area contributed by atoms with Gasteiger partial charge in [0.15, 0.2) is 4.34 Å². The highest BCUT2D eigenvalue weighted by Crippen LogP contribution is 2.44. The number of Topliss-reactive ketones (excluding diaryl/α,β-unsaturated/α-hetero) is 1. The average Bonchev–Trinajstić information content (AvgIpc) is 3.55. The molecule has 11 heteroatoms. The van der Waals surface area contributed by atoms with Crippen LogP contribution >= 0.6 is 46.3 Å². The maximum atomic E-state index is 13.4. The van der Waals surface area contributed by atoms with E-state index in [0.717, 1.165) is 18.4 Å². The van der Waals surface area contributed by atoms with Crippen molar-refractivity contribution in [3.05, 3.63) is 105 Å². The minimum absolute atomic E-state index is 0.0533. The van der Waals surface area contributed by atoms with Gasteiger partial charge in [0.05, 0.1) is 18.2 Å². The number of aliphatic hydroxyl groups is 1. The van der Waals surface area contributed by atoms with E-state index in [1.54, 1.807) is 48.5 Å². The Morgan fingerprint density at radius 1 is 1.02 bits per heavy atom. The van der Waals surface area contributed by atoms with Gasteiger partial charge in [0, 0.05) is 21.4 Å². The first-order valence-electron chi connectivity index (χ1n) is 12.9. The number of hydrogen-bond donors (Lipinski definition) is 1. The fourth-order valence-electron chi connectivity index (χ4n) is 4.30. The Labute approximate surface area is 255 Å². The number of ether oxygens (including phenoxy) is 1. The van der Waals surface area contributed by atoms with Crippen LogP contribution in [0.5, 0.6) is 5.75 Å². The maximum Gasteiger partial charge on any atom is 0.301 e. The second kappa shape index (κ2) is 13.1. The smallest absolute Gasteiger partial charge is 0.301 e. The molecule has 7 nitrogen and oxygen atoms in total. The quantitative estimate of drug-likeness (QED) is 0.0477. The van der Waals surface area contributed by atoms with Crippen molar-refractivity contribution < 1.29 is 19.4 Å². The predicted molar refractivity (Wildman–Crippen MR) is 164 cm³/mol. The molecule has 1 amide bonds. The van der Waals surface area contributed by atoms with Crippen molar-refractivity contribution in [2.75, 3.05) is 11.5 Å². The highest BCUT2D eigenvalue weighted by Gasteiger charge is 2.48. The third kappa shape index (κ3) is 6.59. The highest BCUT2D eigenvalue weighted by molar-refractivity contribution is 8.00. The molecule has 1 N–H and O–H groups in total. The first kappa shape index (κ1) is 29.1. The zero-order valence-electron chi connectivity index (χ0n) is 21.9. The molecule has 41 heavy (non-hydrogen) atoms. The first-order valence-corrected chi connectivity index (χ1v) is 15.4. The predicted octanol–water partition coefficient (Wildman–Crippen LogP) is 7.94. The van der Waals surface area contributed by atoms with Crippen molar-refractivity contribution in [2.45, 2.75) is 35.9 Å². The monoisotopic (exact) mass is 625 g/mol. The van der Waals surface area contributed by atoms with Gasteiger partial charge in [-0.15, -0.1) is 10.2 Å². The van der Waals surface area contributed by atoms with Gasteiger partial charge in [-0.3, -0.25) is 14.5 Å². The van der Waals surface area contributed by atoms with Crippen LogP contribution in [-0.4, -0.2) is 33.6 Å². The number of benzene rings is 3. The lowest BCUT2D eigenvalue weighted by Crippen LogP contribution is -2.29. The van der Waals surface area contributed by atoms with Gasteiger partial charge in [-0.25, -0.2) is 0 Å². The zero-order valence-corrected chi connectivity index (χ0v) is 25.1. The molecule has 4 aromatic rings. The Morgan fingerprint density at radius 3 is 2.49 bits per heavy atom. The summed E-state index contributed by atoms with van der Waals surface area (Å²) in [5, 5.41) is 21.2. The number of nitrogens with zero attached hydrogens (tertiary/aromatic N) is 3. The van der Waals surface area contributed by atoms with Gasteiger partial charge < -0.3 is 9.84 Å². The van der Waals surface area contributed by atoms with Crippen molar-refractivity contribution in [1.82, 2.24) is 10.2 Å². The molecule has 0 aliphatic carbocycles. The second-order valence-electron chi connectivity index (χ2n) is 9.22. The molecule has 1 atom stereocenters. The van der Waals surface area contributed by atoms with Crippen LogP contribution in [0.15, 0.2) is 82.7 Å². The summed E-state index contributed by atoms with van der Waals surface area (Å²) in [6.45, 7) is 2.67. The van der Waals surface area contributed by atoms with E-state index >= 15 is 0 Å². The third-order valence-electron chi connectivity index (χ3n) is 6.38. The van der Waals surface area contributed by atoms with E-state index in [4.69, 9.17) is 27.9 Å². The lowest BCUT2D eigenvalue weighted by atomic mass is 9.95. The van der Waals surface area contributed by atoms with Gasteiger partial charge in [-0.1, -0.05) is 83.9 Å². The molecular weight excluding hydrogens is 601 g/mol. The molecule has 210 valence electrons. The lowest BCUT2D eigenvalue weighted by Gasteiger charge is -2.22. The normalized spacial score (nSPS) is 16.4. The van der Waals surface area contributed by atoms with Crippen molar-refractivity contribution in [2.24, 2.45) is 0 Å². The van der Waals surface area contributed by atoms with Gasteiger partial charge in [-0.2, -0.15) is 0 Å². The van der Waals surface area contributed by atoms with Gasteiger partial charge >= 0.3 is 5.91 Å². The Bertz CT molecular complexity index is 1590. The van der Waals surface area contributed by atoms with Crippen LogP contribution in [0, 0.1) is 0 Å². The first-order chi connectivity index (χ1) is 19.9. The van der Waals surface area contributed by atoms with Gasteiger partial charge in [0.1, 0.15) is 11.5 Å². The Balaban J connectivity index is 1.48. The van der Waals surface area contributed by atoms with Crippen molar-refractivity contribution in [3.8, 4) is 5.75 Å². The number of thioether (sulfide) groups is 1. The number of ketones is 1. The number of rotatable bonds is 10. The number of carbonyl (C=O) groups excluding carboxylic acids is 2. The molecule has 0 bridgehead atoms. The lowest BCUT2D eigenvalue weighted by molar-refractivity contribution is -0.132. The summed E-state index contributed by atoms with van der Waals surface area (Å²) in [6.07, 6.45) is 1.94. The summed E-state index contributed by atoms with van der Waals surface area (Å²) < 4.78 is 6.34. The summed E-state index contributed by atoms with van der Waals surface area (Å²) in [6, 6.07) is 20.2. The topological polar surface area (TPSA) is 92.6 Å². The number of anilines is 1. The molecule has 1 aliphatic rings. The number of carbonyl (C=O) groups is 2. The van der Waals surface area contributed by atoms with Crippen LogP contribution in [0.2, 0.25) is 10.0 Å². The van der Waals surface area contributed by atoms with Gasteiger partial charge in [0.25, 0.3) is 5.78 Å². The number of amides is 1.